The summed E-state index contributed by atoms with van der Waals surface area (Å²) >= 11 is 3.71. The summed E-state index contributed by atoms with van der Waals surface area (Å²) in [6.45, 7) is 3.51. The molecule has 0 spiro atoms. The standard InChI is InChI=1S/C25H33N11S2/c1-2-14-32-34(15-3-1)36-25(23-28-10-5-11-29-23,33-16-19-37-20-17-33)21(22-26-8-4-9-27-22)7-18-38-35(36)24-30-12-6-13-31-24/h4-6,8-13,21,32H,1-3,7,14-20H2. The summed E-state index contributed by atoms with van der Waals surface area (Å²) in [6, 6.07) is 5.62. The molecule has 3 saturated heterocycles. The van der Waals surface area contributed by atoms with E-state index >= 15 is 0 Å². The number of aromatic nitrogens is 6. The fourth-order valence-electron chi connectivity index (χ4n) is 5.54. The molecule has 6 rings (SSSR count). The molecule has 200 valence electrons. The van der Waals surface area contributed by atoms with Gasteiger partial charge in [-0.25, -0.2) is 35.3 Å². The molecule has 11 nitrogen and oxygen atoms in total. The predicted molar refractivity (Wildman–Crippen MR) is 149 cm³/mol. The van der Waals surface area contributed by atoms with E-state index in [0.29, 0.717) is 5.95 Å². The molecular weight excluding hydrogens is 518 g/mol. The highest BCUT2D eigenvalue weighted by Crippen LogP contribution is 2.50. The van der Waals surface area contributed by atoms with E-state index in [-0.39, 0.29) is 5.92 Å². The quantitative estimate of drug-likeness (QED) is 0.471. The van der Waals surface area contributed by atoms with Crippen molar-refractivity contribution in [3.63, 3.8) is 0 Å². The van der Waals surface area contributed by atoms with Gasteiger partial charge in [-0.3, -0.25) is 4.90 Å². The van der Waals surface area contributed by atoms with Crippen LogP contribution in [-0.2, 0) is 5.66 Å². The Hall–Kier alpha value is -2.42. The monoisotopic (exact) mass is 551 g/mol. The van der Waals surface area contributed by atoms with Crippen LogP contribution in [0, 0.1) is 0 Å². The lowest BCUT2D eigenvalue weighted by atomic mass is 9.85. The van der Waals surface area contributed by atoms with Gasteiger partial charge in [-0.05, 0) is 49.4 Å². The minimum Gasteiger partial charge on any atom is -0.274 e. The molecule has 1 N–H and O–H groups in total. The maximum atomic E-state index is 4.98. The maximum absolute atomic E-state index is 4.98. The zero-order chi connectivity index (χ0) is 25.6. The molecule has 0 aromatic carbocycles. The summed E-state index contributed by atoms with van der Waals surface area (Å²) in [4.78, 5) is 31.6. The number of hydrazine groups is 3. The highest BCUT2D eigenvalue weighted by atomic mass is 32.2. The summed E-state index contributed by atoms with van der Waals surface area (Å²) in [5.41, 5.74) is 2.92. The Morgan fingerprint density at radius 1 is 0.763 bits per heavy atom. The minimum absolute atomic E-state index is 0.111. The van der Waals surface area contributed by atoms with E-state index in [0.717, 1.165) is 74.3 Å². The Morgan fingerprint density at radius 2 is 1.45 bits per heavy atom. The van der Waals surface area contributed by atoms with Crippen LogP contribution in [0.3, 0.4) is 0 Å². The fourth-order valence-corrected chi connectivity index (χ4v) is 7.49. The lowest BCUT2D eigenvalue weighted by molar-refractivity contribution is -0.215. The van der Waals surface area contributed by atoms with Crippen molar-refractivity contribution >= 4 is 29.7 Å². The second-order valence-electron chi connectivity index (χ2n) is 9.38. The van der Waals surface area contributed by atoms with Gasteiger partial charge in [0.05, 0.1) is 5.92 Å². The highest BCUT2D eigenvalue weighted by Gasteiger charge is 2.60. The number of hydrogen-bond acceptors (Lipinski definition) is 13. The smallest absolute Gasteiger partial charge is 0.252 e. The maximum Gasteiger partial charge on any atom is 0.252 e. The van der Waals surface area contributed by atoms with Crippen LogP contribution in [-0.4, -0.2) is 88.5 Å². The first kappa shape index (κ1) is 25.8. The SMILES string of the molecule is c1cnc(C2CCSN(c3ncccn3)N(N3CCCCCN3)C2(c2ncccn2)N2CCSCC2)nc1. The summed E-state index contributed by atoms with van der Waals surface area (Å²) < 4.78 is 2.15. The molecule has 3 aliphatic heterocycles. The molecule has 13 heteroatoms. The Morgan fingerprint density at radius 3 is 2.18 bits per heavy atom. The average Bonchev–Trinajstić information content (AvgIpc) is 3.37. The van der Waals surface area contributed by atoms with Crippen molar-refractivity contribution in [1.82, 2.24) is 50.5 Å². The second-order valence-corrected chi connectivity index (χ2v) is 11.6. The Kier molecular flexibility index (Phi) is 8.28. The van der Waals surface area contributed by atoms with Crippen LogP contribution in [0.1, 0.15) is 43.3 Å². The summed E-state index contributed by atoms with van der Waals surface area (Å²) in [5, 5.41) is 4.58. The van der Waals surface area contributed by atoms with Crippen molar-refractivity contribution < 1.29 is 0 Å². The molecule has 2 atom stereocenters. The van der Waals surface area contributed by atoms with Gasteiger partial charge in [-0.15, -0.1) is 0 Å². The van der Waals surface area contributed by atoms with Crippen LogP contribution < -0.4 is 9.84 Å². The lowest BCUT2D eigenvalue weighted by Gasteiger charge is -2.56. The van der Waals surface area contributed by atoms with Gasteiger partial charge < -0.3 is 0 Å². The zero-order valence-corrected chi connectivity index (χ0v) is 23.0. The van der Waals surface area contributed by atoms with Gasteiger partial charge in [0.2, 0.25) is 0 Å². The van der Waals surface area contributed by atoms with Gasteiger partial charge in [-0.1, -0.05) is 11.5 Å². The Balaban J connectivity index is 1.63. The number of nitrogens with one attached hydrogen (secondary N) is 1. The topological polar surface area (TPSA) is 102 Å². The lowest BCUT2D eigenvalue weighted by Crippen LogP contribution is -2.73. The van der Waals surface area contributed by atoms with Crippen molar-refractivity contribution in [1.29, 1.82) is 0 Å². The third-order valence-corrected chi connectivity index (χ3v) is 9.08. The molecule has 2 unspecified atom stereocenters. The normalized spacial score (nSPS) is 26.5. The molecule has 3 aromatic heterocycles. The highest BCUT2D eigenvalue weighted by molar-refractivity contribution is 8.00. The van der Waals surface area contributed by atoms with Crippen LogP contribution in [0.5, 0.6) is 0 Å². The first-order valence-electron chi connectivity index (χ1n) is 13.3. The molecule has 0 radical (unpaired) electrons. The first-order chi connectivity index (χ1) is 18.9. The molecule has 3 fully saturated rings. The third kappa shape index (κ3) is 4.98. The third-order valence-electron chi connectivity index (χ3n) is 7.16. The summed E-state index contributed by atoms with van der Waals surface area (Å²) in [6.07, 6.45) is 15.2. The molecule has 3 aliphatic rings. The van der Waals surface area contributed by atoms with E-state index in [1.165, 1.54) is 6.42 Å². The van der Waals surface area contributed by atoms with E-state index < -0.39 is 5.66 Å². The first-order valence-corrected chi connectivity index (χ1v) is 15.4. The summed E-state index contributed by atoms with van der Waals surface area (Å²) in [7, 11) is 0. The average molecular weight is 552 g/mol. The van der Waals surface area contributed by atoms with Crippen molar-refractivity contribution in [3.05, 3.63) is 67.0 Å². The van der Waals surface area contributed by atoms with Crippen LogP contribution in [0.15, 0.2) is 55.4 Å². The van der Waals surface area contributed by atoms with Gasteiger partial charge in [0.15, 0.2) is 11.5 Å². The van der Waals surface area contributed by atoms with E-state index in [2.05, 4.69) is 25.0 Å². The van der Waals surface area contributed by atoms with E-state index in [1.54, 1.807) is 24.3 Å². The molecule has 0 bridgehead atoms. The van der Waals surface area contributed by atoms with Crippen molar-refractivity contribution in [3.8, 4) is 0 Å². The van der Waals surface area contributed by atoms with E-state index in [1.807, 2.05) is 54.7 Å². The van der Waals surface area contributed by atoms with Crippen molar-refractivity contribution in [2.45, 2.75) is 37.3 Å². The molecule has 0 saturated carbocycles. The number of rotatable bonds is 5. The molecule has 0 amide bonds. The molecule has 6 heterocycles. The van der Waals surface area contributed by atoms with Gasteiger partial charge in [-0.2, -0.15) is 21.3 Å². The number of nitrogens with zero attached hydrogens (tertiary/aromatic N) is 10. The number of hydrogen-bond donors (Lipinski definition) is 1. The number of anilines is 1. The van der Waals surface area contributed by atoms with Gasteiger partial charge in [0.1, 0.15) is 5.82 Å². The molecule has 38 heavy (non-hydrogen) atoms. The van der Waals surface area contributed by atoms with Gasteiger partial charge >= 0.3 is 0 Å². The van der Waals surface area contributed by atoms with Crippen LogP contribution >= 0.6 is 23.7 Å². The molecule has 3 aromatic rings. The number of thioether (sulfide) groups is 1. The zero-order valence-electron chi connectivity index (χ0n) is 21.3. The molecular formula is C25H33N11S2. The van der Waals surface area contributed by atoms with E-state index in [9.17, 15) is 0 Å². The predicted octanol–water partition coefficient (Wildman–Crippen LogP) is 2.72. The van der Waals surface area contributed by atoms with Gasteiger partial charge in [0, 0.05) is 80.6 Å². The van der Waals surface area contributed by atoms with Crippen molar-refractivity contribution in [2.75, 3.05) is 47.9 Å². The Bertz CT molecular complexity index is 1130. The van der Waals surface area contributed by atoms with E-state index in [4.69, 9.17) is 29.9 Å². The van der Waals surface area contributed by atoms with Crippen LogP contribution in [0.4, 0.5) is 5.95 Å². The van der Waals surface area contributed by atoms with Crippen molar-refractivity contribution in [2.24, 2.45) is 0 Å². The fraction of sp³-hybridized carbons (Fsp3) is 0.520. The minimum atomic E-state index is -0.816. The Labute approximate surface area is 231 Å². The largest absolute Gasteiger partial charge is 0.274 e. The summed E-state index contributed by atoms with van der Waals surface area (Å²) in [5.74, 6) is 4.96. The second kappa shape index (κ2) is 12.2. The van der Waals surface area contributed by atoms with Crippen LogP contribution in [0.2, 0.25) is 0 Å². The molecule has 0 aliphatic carbocycles. The van der Waals surface area contributed by atoms with Crippen LogP contribution in [0.25, 0.3) is 0 Å². The van der Waals surface area contributed by atoms with Gasteiger partial charge in [0.25, 0.3) is 5.95 Å².